The quantitative estimate of drug-likeness (QED) is 0.679. The summed E-state index contributed by atoms with van der Waals surface area (Å²) in [6.07, 6.45) is 0.428. The van der Waals surface area contributed by atoms with Crippen LogP contribution in [0, 0.1) is 5.75 Å². The summed E-state index contributed by atoms with van der Waals surface area (Å²) in [5.41, 5.74) is 0.674. The van der Waals surface area contributed by atoms with E-state index in [0.29, 0.717) is 23.5 Å². The standard InChI is InChI=1S/C9H9NO2S/c11-13(12)7-3-6-10-8-4-1-2-5-9(8)13/h1-2,4-5,10H,3,6H2. The SMILES string of the molecule is O=S1(=O)[C]CCNc2ccccc21. The van der Waals surface area contributed by atoms with Crippen LogP contribution in [0.1, 0.15) is 6.42 Å². The Hall–Kier alpha value is -1.03. The van der Waals surface area contributed by atoms with E-state index in [-0.39, 0.29) is 0 Å². The third-order valence-corrected chi connectivity index (χ3v) is 3.43. The zero-order chi connectivity index (χ0) is 9.31. The molecule has 0 saturated carbocycles. The van der Waals surface area contributed by atoms with Crippen LogP contribution >= 0.6 is 0 Å². The third-order valence-electron chi connectivity index (χ3n) is 1.91. The number of anilines is 1. The van der Waals surface area contributed by atoms with Crippen molar-refractivity contribution < 1.29 is 8.42 Å². The molecule has 2 rings (SSSR count). The van der Waals surface area contributed by atoms with Crippen molar-refractivity contribution in [2.75, 3.05) is 11.9 Å². The van der Waals surface area contributed by atoms with Gasteiger partial charge in [0, 0.05) is 6.54 Å². The Bertz CT molecular complexity index is 411. The molecule has 3 nitrogen and oxygen atoms in total. The lowest BCUT2D eigenvalue weighted by Gasteiger charge is -2.04. The Kier molecular flexibility index (Phi) is 2.00. The Balaban J connectivity index is 2.62. The maximum absolute atomic E-state index is 11.5. The minimum absolute atomic E-state index is 0.326. The number of hydrogen-bond donors (Lipinski definition) is 1. The summed E-state index contributed by atoms with van der Waals surface area (Å²) in [6, 6.07) is 6.88. The van der Waals surface area contributed by atoms with E-state index in [9.17, 15) is 8.42 Å². The summed E-state index contributed by atoms with van der Waals surface area (Å²) in [5, 5.41) is 3.04. The second-order valence-electron chi connectivity index (χ2n) is 2.82. The summed E-state index contributed by atoms with van der Waals surface area (Å²) < 4.78 is 23.1. The Labute approximate surface area is 77.7 Å². The van der Waals surface area contributed by atoms with Gasteiger partial charge in [0.2, 0.25) is 0 Å². The normalized spacial score (nSPS) is 19.7. The number of fused-ring (bicyclic) bond motifs is 1. The van der Waals surface area contributed by atoms with Gasteiger partial charge in [-0.15, -0.1) is 0 Å². The average Bonchev–Trinajstić information content (AvgIpc) is 2.26. The molecule has 13 heavy (non-hydrogen) atoms. The molecule has 2 radical (unpaired) electrons. The van der Waals surface area contributed by atoms with E-state index in [1.54, 1.807) is 18.2 Å². The highest BCUT2D eigenvalue weighted by molar-refractivity contribution is 7.93. The van der Waals surface area contributed by atoms with Crippen LogP contribution in [0.4, 0.5) is 5.69 Å². The van der Waals surface area contributed by atoms with Gasteiger partial charge in [-0.3, -0.25) is 0 Å². The largest absolute Gasteiger partial charge is 0.384 e. The number of nitrogens with one attached hydrogen (secondary N) is 1. The highest BCUT2D eigenvalue weighted by Gasteiger charge is 2.21. The molecule has 0 bridgehead atoms. The summed E-state index contributed by atoms with van der Waals surface area (Å²) in [6.45, 7) is 0.621. The molecule has 68 valence electrons. The molecule has 0 fully saturated rings. The molecule has 1 aliphatic rings. The molecule has 0 aliphatic carbocycles. The fourth-order valence-corrected chi connectivity index (χ4v) is 2.52. The summed E-state index contributed by atoms with van der Waals surface area (Å²) >= 11 is 0. The number of rotatable bonds is 0. The molecule has 1 aliphatic heterocycles. The van der Waals surface area contributed by atoms with E-state index in [4.69, 9.17) is 0 Å². The smallest absolute Gasteiger partial charge is 0.189 e. The predicted molar refractivity (Wildman–Crippen MR) is 50.0 cm³/mol. The van der Waals surface area contributed by atoms with Gasteiger partial charge >= 0.3 is 0 Å². The van der Waals surface area contributed by atoms with E-state index in [1.165, 1.54) is 0 Å². The molecule has 1 aromatic rings. The molecule has 0 aromatic heterocycles. The fraction of sp³-hybridized carbons (Fsp3) is 0.222. The van der Waals surface area contributed by atoms with Crippen LogP contribution < -0.4 is 5.32 Å². The van der Waals surface area contributed by atoms with Gasteiger partial charge in [0.1, 0.15) is 5.75 Å². The van der Waals surface area contributed by atoms with Crippen molar-refractivity contribution in [2.24, 2.45) is 0 Å². The third kappa shape index (κ3) is 1.54. The molecule has 0 spiro atoms. The highest BCUT2D eigenvalue weighted by Crippen LogP contribution is 2.26. The van der Waals surface area contributed by atoms with Crippen molar-refractivity contribution in [1.29, 1.82) is 0 Å². The van der Waals surface area contributed by atoms with Gasteiger partial charge in [-0.1, -0.05) is 12.1 Å². The van der Waals surface area contributed by atoms with Crippen molar-refractivity contribution in [2.45, 2.75) is 11.3 Å². The number of benzene rings is 1. The van der Waals surface area contributed by atoms with Gasteiger partial charge in [-0.05, 0) is 18.6 Å². The molecule has 1 aromatic carbocycles. The zero-order valence-corrected chi connectivity index (χ0v) is 7.76. The molecule has 4 heteroatoms. The number of sulfone groups is 1. The van der Waals surface area contributed by atoms with Crippen molar-refractivity contribution >= 4 is 15.5 Å². The Morgan fingerprint density at radius 3 is 2.92 bits per heavy atom. The second-order valence-corrected chi connectivity index (χ2v) is 4.56. The minimum Gasteiger partial charge on any atom is -0.384 e. The van der Waals surface area contributed by atoms with Gasteiger partial charge in [0.25, 0.3) is 0 Å². The van der Waals surface area contributed by atoms with Gasteiger partial charge in [0.15, 0.2) is 9.84 Å². The summed E-state index contributed by atoms with van der Waals surface area (Å²) in [4.78, 5) is 0.326. The van der Waals surface area contributed by atoms with Crippen LogP contribution in [0.5, 0.6) is 0 Å². The fourth-order valence-electron chi connectivity index (χ4n) is 1.31. The van der Waals surface area contributed by atoms with Gasteiger partial charge in [-0.2, -0.15) is 0 Å². The topological polar surface area (TPSA) is 46.2 Å². The zero-order valence-electron chi connectivity index (χ0n) is 6.95. The van der Waals surface area contributed by atoms with Crippen molar-refractivity contribution in [3.63, 3.8) is 0 Å². The van der Waals surface area contributed by atoms with Crippen molar-refractivity contribution in [1.82, 2.24) is 0 Å². The number of para-hydroxylation sites is 1. The van der Waals surface area contributed by atoms with Crippen LogP contribution in [0.2, 0.25) is 0 Å². The van der Waals surface area contributed by atoms with Crippen LogP contribution in [0.25, 0.3) is 0 Å². The van der Waals surface area contributed by atoms with E-state index in [2.05, 4.69) is 11.1 Å². The summed E-state index contributed by atoms with van der Waals surface area (Å²) in [5.74, 6) is 2.49. The van der Waals surface area contributed by atoms with Crippen LogP contribution in [-0.2, 0) is 9.84 Å². The van der Waals surface area contributed by atoms with Gasteiger partial charge < -0.3 is 5.32 Å². The first kappa shape index (κ1) is 8.56. The molecule has 0 amide bonds. The Morgan fingerprint density at radius 1 is 1.31 bits per heavy atom. The highest BCUT2D eigenvalue weighted by atomic mass is 32.2. The van der Waals surface area contributed by atoms with Crippen LogP contribution in [0.3, 0.4) is 0 Å². The minimum atomic E-state index is -3.29. The van der Waals surface area contributed by atoms with Crippen LogP contribution in [0.15, 0.2) is 29.2 Å². The molecule has 0 unspecified atom stereocenters. The molecule has 0 atom stereocenters. The molecular formula is C9H9NO2S. The molecular weight excluding hydrogens is 186 g/mol. The maximum atomic E-state index is 11.5. The van der Waals surface area contributed by atoms with E-state index < -0.39 is 9.84 Å². The first-order valence-corrected chi connectivity index (χ1v) is 5.51. The lowest BCUT2D eigenvalue weighted by molar-refractivity contribution is 0.601. The van der Waals surface area contributed by atoms with Gasteiger partial charge in [0.05, 0.1) is 10.6 Å². The Morgan fingerprint density at radius 2 is 2.08 bits per heavy atom. The number of hydrogen-bond acceptors (Lipinski definition) is 3. The first-order valence-electron chi connectivity index (χ1n) is 4.03. The lowest BCUT2D eigenvalue weighted by Crippen LogP contribution is -2.00. The van der Waals surface area contributed by atoms with Crippen molar-refractivity contribution in [3.05, 3.63) is 30.0 Å². The van der Waals surface area contributed by atoms with Crippen molar-refractivity contribution in [3.8, 4) is 0 Å². The van der Waals surface area contributed by atoms with E-state index >= 15 is 0 Å². The molecule has 1 N–H and O–H groups in total. The van der Waals surface area contributed by atoms with E-state index in [1.807, 2.05) is 6.07 Å². The second kappa shape index (κ2) is 3.03. The first-order chi connectivity index (χ1) is 6.20. The van der Waals surface area contributed by atoms with Crippen LogP contribution in [-0.4, -0.2) is 15.0 Å². The summed E-state index contributed by atoms with van der Waals surface area (Å²) in [7, 11) is -3.29. The molecule has 0 saturated heterocycles. The lowest BCUT2D eigenvalue weighted by atomic mass is 10.3. The monoisotopic (exact) mass is 195 g/mol. The molecule has 1 heterocycles. The maximum Gasteiger partial charge on any atom is 0.189 e. The predicted octanol–water partition coefficient (Wildman–Crippen LogP) is 1.31. The van der Waals surface area contributed by atoms with E-state index in [0.717, 1.165) is 0 Å². The average molecular weight is 195 g/mol. The van der Waals surface area contributed by atoms with Gasteiger partial charge in [-0.25, -0.2) is 8.42 Å².